The highest BCUT2D eigenvalue weighted by atomic mass is 16.6. The van der Waals surface area contributed by atoms with Crippen molar-refractivity contribution in [3.05, 3.63) is 24.3 Å². The summed E-state index contributed by atoms with van der Waals surface area (Å²) in [4.78, 5) is 11.2. The highest BCUT2D eigenvalue weighted by molar-refractivity contribution is 5.76. The molecule has 1 saturated heterocycles. The predicted octanol–water partition coefficient (Wildman–Crippen LogP) is -0.888. The number of H-pyrrole nitrogens is 1. The second-order valence-corrected chi connectivity index (χ2v) is 4.25. The molecule has 0 aliphatic carbocycles. The zero-order chi connectivity index (χ0) is 12.7. The number of imidazole rings is 1. The summed E-state index contributed by atoms with van der Waals surface area (Å²) in [5.74, 6) is 0. The Balaban J connectivity index is 2.02. The van der Waals surface area contributed by atoms with E-state index >= 15 is 0 Å². The summed E-state index contributed by atoms with van der Waals surface area (Å²) in [6, 6.07) is 1.76. The summed E-state index contributed by atoms with van der Waals surface area (Å²) < 4.78 is 5.43. The fourth-order valence-corrected chi connectivity index (χ4v) is 2.22. The summed E-state index contributed by atoms with van der Waals surface area (Å²) in [6.45, 7) is -0.356. The number of aliphatic hydroxyl groups excluding tert-OH is 3. The Morgan fingerprint density at radius 1 is 1.28 bits per heavy atom. The molecule has 0 amide bonds. The molecule has 4 N–H and O–H groups in total. The number of fused-ring (bicyclic) bond motifs is 1. The van der Waals surface area contributed by atoms with Crippen LogP contribution < -0.4 is 0 Å². The summed E-state index contributed by atoms with van der Waals surface area (Å²) in [6.07, 6.45) is -0.750. The average Bonchev–Trinajstić information content (AvgIpc) is 2.96. The van der Waals surface area contributed by atoms with E-state index in [-0.39, 0.29) is 6.61 Å². The summed E-state index contributed by atoms with van der Waals surface area (Å²) in [5.41, 5.74) is 1.82. The first kappa shape index (κ1) is 11.5. The van der Waals surface area contributed by atoms with Gasteiger partial charge in [-0.15, -0.1) is 0 Å². The van der Waals surface area contributed by atoms with Crippen molar-refractivity contribution in [3.8, 4) is 0 Å². The van der Waals surface area contributed by atoms with Gasteiger partial charge in [0.25, 0.3) is 0 Å². The molecule has 0 saturated carbocycles. The van der Waals surface area contributed by atoms with Gasteiger partial charge < -0.3 is 25.0 Å². The summed E-state index contributed by atoms with van der Waals surface area (Å²) in [5, 5.41) is 28.7. The lowest BCUT2D eigenvalue weighted by Gasteiger charge is -2.14. The zero-order valence-electron chi connectivity index (χ0n) is 9.39. The summed E-state index contributed by atoms with van der Waals surface area (Å²) >= 11 is 0. The van der Waals surface area contributed by atoms with Crippen molar-refractivity contribution >= 4 is 11.0 Å². The van der Waals surface area contributed by atoms with Crippen LogP contribution >= 0.6 is 0 Å². The van der Waals surface area contributed by atoms with E-state index < -0.39 is 24.4 Å². The number of hydrogen-bond donors (Lipinski definition) is 4. The van der Waals surface area contributed by atoms with Gasteiger partial charge in [0, 0.05) is 6.20 Å². The molecule has 0 aromatic carbocycles. The van der Waals surface area contributed by atoms with Crippen molar-refractivity contribution in [2.75, 3.05) is 6.61 Å². The molecule has 1 unspecified atom stereocenters. The van der Waals surface area contributed by atoms with Crippen LogP contribution in [0.4, 0.5) is 0 Å². The lowest BCUT2D eigenvalue weighted by atomic mass is 10.0. The topological polar surface area (TPSA) is 111 Å². The second-order valence-electron chi connectivity index (χ2n) is 4.25. The molecule has 1 fully saturated rings. The smallest absolute Gasteiger partial charge is 0.131 e. The average molecular weight is 251 g/mol. The molecule has 3 heterocycles. The van der Waals surface area contributed by atoms with Crippen molar-refractivity contribution in [1.29, 1.82) is 0 Å². The number of nitrogens with one attached hydrogen (secondary N) is 1. The Bertz CT molecular complexity index is 558. The van der Waals surface area contributed by atoms with E-state index in [4.69, 9.17) is 9.84 Å². The molecule has 18 heavy (non-hydrogen) atoms. The molecule has 4 atom stereocenters. The number of nitrogens with zero attached hydrogens (tertiary/aromatic N) is 2. The lowest BCUT2D eigenvalue weighted by molar-refractivity contribution is -0.0235. The highest BCUT2D eigenvalue weighted by Crippen LogP contribution is 2.34. The van der Waals surface area contributed by atoms with Gasteiger partial charge in [0.1, 0.15) is 29.9 Å². The third kappa shape index (κ3) is 1.60. The third-order valence-corrected chi connectivity index (χ3v) is 3.18. The van der Waals surface area contributed by atoms with Gasteiger partial charge in [0.2, 0.25) is 0 Å². The fourth-order valence-electron chi connectivity index (χ4n) is 2.22. The quantitative estimate of drug-likeness (QED) is 0.551. The Morgan fingerprint density at radius 3 is 2.83 bits per heavy atom. The predicted molar refractivity (Wildman–Crippen MR) is 60.6 cm³/mol. The normalized spacial score (nSPS) is 32.2. The van der Waals surface area contributed by atoms with Crippen molar-refractivity contribution in [2.24, 2.45) is 0 Å². The maximum Gasteiger partial charge on any atom is 0.131 e. The lowest BCUT2D eigenvalue weighted by Crippen LogP contribution is -2.32. The van der Waals surface area contributed by atoms with E-state index in [1.165, 1.54) is 6.33 Å². The maximum atomic E-state index is 9.95. The first-order valence-corrected chi connectivity index (χ1v) is 5.63. The first-order chi connectivity index (χ1) is 8.72. The van der Waals surface area contributed by atoms with Crippen LogP contribution in [0.25, 0.3) is 11.0 Å². The molecule has 1 aliphatic rings. The van der Waals surface area contributed by atoms with Crippen molar-refractivity contribution in [3.63, 3.8) is 0 Å². The Kier molecular flexibility index (Phi) is 2.75. The molecule has 96 valence electrons. The number of ether oxygens (including phenoxy) is 1. The largest absolute Gasteiger partial charge is 0.394 e. The van der Waals surface area contributed by atoms with Crippen LogP contribution in [0.1, 0.15) is 11.8 Å². The fraction of sp³-hybridized carbons (Fsp3) is 0.455. The molecule has 0 radical (unpaired) electrons. The van der Waals surface area contributed by atoms with Crippen molar-refractivity contribution in [1.82, 2.24) is 15.0 Å². The summed E-state index contributed by atoms with van der Waals surface area (Å²) in [7, 11) is 0. The number of aliphatic hydroxyl groups is 3. The molecule has 0 bridgehead atoms. The van der Waals surface area contributed by atoms with Crippen molar-refractivity contribution < 1.29 is 20.1 Å². The van der Waals surface area contributed by atoms with E-state index in [0.717, 1.165) is 5.52 Å². The van der Waals surface area contributed by atoms with Crippen molar-refractivity contribution in [2.45, 2.75) is 24.4 Å². The molecular formula is C11H13N3O4. The van der Waals surface area contributed by atoms with Gasteiger partial charge in [-0.3, -0.25) is 4.98 Å². The van der Waals surface area contributed by atoms with Crippen LogP contribution in [0.2, 0.25) is 0 Å². The molecule has 2 aromatic heterocycles. The van der Waals surface area contributed by atoms with Gasteiger partial charge in [-0.2, -0.15) is 0 Å². The van der Waals surface area contributed by atoms with E-state index in [1.54, 1.807) is 12.3 Å². The van der Waals surface area contributed by atoms with Crippen LogP contribution in [0.15, 0.2) is 18.6 Å². The molecular weight excluding hydrogens is 238 g/mol. The van der Waals surface area contributed by atoms with Crippen LogP contribution in [0.5, 0.6) is 0 Å². The minimum Gasteiger partial charge on any atom is -0.394 e. The highest BCUT2D eigenvalue weighted by Gasteiger charge is 2.44. The molecule has 2 aromatic rings. The Labute approximate surface area is 102 Å². The first-order valence-electron chi connectivity index (χ1n) is 5.63. The van der Waals surface area contributed by atoms with Gasteiger partial charge in [-0.05, 0) is 6.07 Å². The standard InChI is InChI=1S/C11H13N3O4/c15-3-6-9(16)10(17)11(18-6)8-7-5(1-2-12-8)13-4-14-7/h1-2,4,6,9-11,15-17H,3H2,(H,13,14)/t6-,9-,10+,11?/m1/s1. The van der Waals surface area contributed by atoms with Gasteiger partial charge in [-0.25, -0.2) is 4.98 Å². The molecule has 7 nitrogen and oxygen atoms in total. The van der Waals surface area contributed by atoms with E-state index in [2.05, 4.69) is 15.0 Å². The number of aromatic amines is 1. The van der Waals surface area contributed by atoms with E-state index in [0.29, 0.717) is 11.2 Å². The molecule has 7 heteroatoms. The van der Waals surface area contributed by atoms with Crippen LogP contribution in [-0.4, -0.2) is 55.2 Å². The zero-order valence-corrected chi connectivity index (χ0v) is 9.39. The Morgan fingerprint density at radius 2 is 2.11 bits per heavy atom. The minimum atomic E-state index is -1.13. The second kappa shape index (κ2) is 4.29. The number of hydrogen-bond acceptors (Lipinski definition) is 6. The van der Waals surface area contributed by atoms with E-state index in [9.17, 15) is 10.2 Å². The molecule has 3 rings (SSSR count). The van der Waals surface area contributed by atoms with Gasteiger partial charge in [-0.1, -0.05) is 0 Å². The number of rotatable bonds is 2. The third-order valence-electron chi connectivity index (χ3n) is 3.18. The van der Waals surface area contributed by atoms with E-state index in [1.807, 2.05) is 0 Å². The molecule has 1 aliphatic heterocycles. The van der Waals surface area contributed by atoms with Crippen LogP contribution in [-0.2, 0) is 4.74 Å². The SMILES string of the molecule is OC[C@H]1OC(c2nccc3[nH]cnc23)[C@@H](O)[C@@H]1O. The maximum absolute atomic E-state index is 9.95. The van der Waals surface area contributed by atoms with Gasteiger partial charge in [0.15, 0.2) is 0 Å². The van der Waals surface area contributed by atoms with Gasteiger partial charge in [0.05, 0.1) is 24.1 Å². The molecule has 0 spiro atoms. The Hall–Kier alpha value is -1.54. The van der Waals surface area contributed by atoms with Gasteiger partial charge >= 0.3 is 0 Å². The monoisotopic (exact) mass is 251 g/mol. The van der Waals surface area contributed by atoms with Crippen LogP contribution in [0.3, 0.4) is 0 Å². The number of pyridine rings is 1. The minimum absolute atomic E-state index is 0.356. The van der Waals surface area contributed by atoms with Crippen LogP contribution in [0, 0.1) is 0 Å². The number of aromatic nitrogens is 3.